The van der Waals surface area contributed by atoms with Crippen molar-refractivity contribution < 1.29 is 22.7 Å². The van der Waals surface area contributed by atoms with Crippen LogP contribution in [0, 0.1) is 6.92 Å². The van der Waals surface area contributed by atoms with Crippen molar-refractivity contribution in [3.8, 4) is 17.0 Å². The van der Waals surface area contributed by atoms with Crippen LogP contribution in [0.3, 0.4) is 0 Å². The Balaban J connectivity index is 1.76. The molecule has 0 saturated heterocycles. The summed E-state index contributed by atoms with van der Waals surface area (Å²) >= 11 is 3.81. The number of halogens is 4. The molecule has 3 aromatic rings. The first-order valence-corrected chi connectivity index (χ1v) is 12.9. The summed E-state index contributed by atoms with van der Waals surface area (Å²) in [5.74, 6) is -1.21. The number of thiophene rings is 1. The van der Waals surface area contributed by atoms with Crippen molar-refractivity contribution in [3.05, 3.63) is 57.9 Å². The van der Waals surface area contributed by atoms with Crippen LogP contribution in [0.15, 0.2) is 41.1 Å². The number of nitrogens with zero attached hydrogens (tertiary/aromatic N) is 2. The molecule has 1 aromatic carbocycles. The van der Waals surface area contributed by atoms with Crippen LogP contribution < -0.4 is 10.1 Å². The quantitative estimate of drug-likeness (QED) is 0.331. The molecule has 148 valence electrons. The van der Waals surface area contributed by atoms with Crippen LogP contribution in [0.4, 0.5) is 13.2 Å². The second-order valence-electron chi connectivity index (χ2n) is 5.71. The summed E-state index contributed by atoms with van der Waals surface area (Å²) in [6.07, 6.45) is -4.50. The summed E-state index contributed by atoms with van der Waals surface area (Å²) in [7, 11) is 0. The van der Waals surface area contributed by atoms with Gasteiger partial charge in [-0.3, -0.25) is 4.79 Å². The molecule has 0 saturated carbocycles. The number of aryl methyl sites for hydroxylation is 1. The number of nitrogens with one attached hydrogen (secondary N) is 1. The van der Waals surface area contributed by atoms with Crippen LogP contribution in [0.2, 0.25) is 0 Å². The van der Waals surface area contributed by atoms with E-state index in [1.165, 1.54) is 18.2 Å². The van der Waals surface area contributed by atoms with Crippen molar-refractivity contribution in [2.75, 3.05) is 0 Å². The van der Waals surface area contributed by atoms with Gasteiger partial charge in [0.25, 0.3) is 5.91 Å². The summed E-state index contributed by atoms with van der Waals surface area (Å²) < 4.78 is 43.3. The van der Waals surface area contributed by atoms with Gasteiger partial charge in [0.15, 0.2) is 0 Å². The van der Waals surface area contributed by atoms with Crippen molar-refractivity contribution in [2.24, 2.45) is 0 Å². The van der Waals surface area contributed by atoms with E-state index >= 15 is 0 Å². The molecule has 0 bridgehead atoms. The molecule has 0 aliphatic carbocycles. The Bertz CT molecular complexity index is 990. The van der Waals surface area contributed by atoms with E-state index in [-0.39, 0.29) is 12.1 Å². The molecule has 0 spiro atoms. The highest BCUT2D eigenvalue weighted by Crippen LogP contribution is 2.34. The lowest BCUT2D eigenvalue weighted by Crippen LogP contribution is -2.25. The average molecular weight is 539 g/mol. The maximum atomic E-state index is 12.5. The van der Waals surface area contributed by atoms with Gasteiger partial charge < -0.3 is 10.1 Å². The summed E-state index contributed by atoms with van der Waals surface area (Å²) in [6, 6.07) is 7.10. The van der Waals surface area contributed by atoms with Gasteiger partial charge in [-0.15, -0.1) is 13.2 Å². The fourth-order valence-corrected chi connectivity index (χ4v) is 4.92. The second-order valence-corrected chi connectivity index (χ2v) is 8.50. The van der Waals surface area contributed by atoms with Gasteiger partial charge in [-0.25, -0.2) is 4.45 Å². The number of ether oxygens (including phenoxy) is 1. The van der Waals surface area contributed by atoms with E-state index < -0.39 is 18.0 Å². The molecule has 0 aliphatic heterocycles. The number of aromatic nitrogens is 2. The third kappa shape index (κ3) is 5.03. The molecule has 11 heteroatoms. The molecular weight excluding hydrogens is 525 g/mol. The number of hydrogen-bond acceptors (Lipinski definition) is 4. The van der Waals surface area contributed by atoms with E-state index in [2.05, 4.69) is 37.2 Å². The van der Waals surface area contributed by atoms with Gasteiger partial charge in [-0.2, -0.15) is 16.4 Å². The zero-order valence-corrected chi connectivity index (χ0v) is 18.4. The number of benzene rings is 1. The largest absolute Gasteiger partial charge is 0.573 e. The normalized spacial score (nSPS) is 11.9. The highest BCUT2D eigenvalue weighted by molar-refractivity contribution is 14.2. The molecule has 0 fully saturated rings. The molecular formula is C17H14F3IN3O2PS. The van der Waals surface area contributed by atoms with Gasteiger partial charge in [0.2, 0.25) is 0 Å². The molecule has 2 aromatic heterocycles. The van der Waals surface area contributed by atoms with Gasteiger partial charge in [-0.1, -0.05) is 12.1 Å². The van der Waals surface area contributed by atoms with E-state index in [9.17, 15) is 18.0 Å². The SMILES string of the molecule is Cc1cscc1-c1cc(CNC(=O)c2ccccc2OC(F)(F)F)nn1PI. The second kappa shape index (κ2) is 8.79. The van der Waals surface area contributed by atoms with Crippen molar-refractivity contribution >= 4 is 45.7 Å². The summed E-state index contributed by atoms with van der Waals surface area (Å²) in [4.78, 5) is 12.4. The van der Waals surface area contributed by atoms with Crippen LogP contribution in [0.1, 0.15) is 21.6 Å². The third-order valence-electron chi connectivity index (χ3n) is 3.76. The zero-order chi connectivity index (χ0) is 20.3. The first-order valence-electron chi connectivity index (χ1n) is 7.90. The van der Waals surface area contributed by atoms with Crippen molar-refractivity contribution in [1.29, 1.82) is 0 Å². The lowest BCUT2D eigenvalue weighted by molar-refractivity contribution is -0.274. The van der Waals surface area contributed by atoms with Crippen LogP contribution in [-0.2, 0) is 6.54 Å². The van der Waals surface area contributed by atoms with Gasteiger partial charge in [0.05, 0.1) is 29.9 Å². The number of rotatable bonds is 6. The molecule has 1 amide bonds. The van der Waals surface area contributed by atoms with E-state index in [1.54, 1.807) is 11.3 Å². The minimum Gasteiger partial charge on any atom is -0.405 e. The third-order valence-corrected chi connectivity index (χ3v) is 6.49. The Morgan fingerprint density at radius 1 is 1.36 bits per heavy atom. The number of carbonyl (C=O) groups is 1. The highest BCUT2D eigenvalue weighted by atomic mass is 127. The predicted octanol–water partition coefficient (Wildman–Crippen LogP) is 5.54. The monoisotopic (exact) mass is 539 g/mol. The van der Waals surface area contributed by atoms with Crippen molar-refractivity contribution in [3.63, 3.8) is 0 Å². The predicted molar refractivity (Wildman–Crippen MR) is 112 cm³/mol. The number of para-hydroxylation sites is 1. The van der Waals surface area contributed by atoms with Gasteiger partial charge in [0, 0.05) is 10.9 Å². The molecule has 1 N–H and O–H groups in total. The Kier molecular flexibility index (Phi) is 6.61. The Hall–Kier alpha value is -1.65. The summed E-state index contributed by atoms with van der Waals surface area (Å²) in [5, 5.41) is 11.2. The van der Waals surface area contributed by atoms with Gasteiger partial charge >= 0.3 is 6.36 Å². The van der Waals surface area contributed by atoms with E-state index in [1.807, 2.05) is 28.2 Å². The number of hydrogen-bond donors (Lipinski definition) is 1. The highest BCUT2D eigenvalue weighted by Gasteiger charge is 2.32. The zero-order valence-electron chi connectivity index (χ0n) is 14.4. The molecule has 1 unspecified atom stereocenters. The summed E-state index contributed by atoms with van der Waals surface area (Å²) in [5.41, 5.74) is 3.57. The van der Waals surface area contributed by atoms with E-state index in [0.717, 1.165) is 22.9 Å². The minimum atomic E-state index is -4.87. The Morgan fingerprint density at radius 3 is 2.75 bits per heavy atom. The Labute approximate surface area is 177 Å². The van der Waals surface area contributed by atoms with Crippen LogP contribution >= 0.6 is 39.8 Å². The van der Waals surface area contributed by atoms with Crippen molar-refractivity contribution in [1.82, 2.24) is 14.9 Å². The molecule has 0 radical (unpaired) electrons. The minimum absolute atomic E-state index is 0.0868. The van der Waals surface area contributed by atoms with Crippen molar-refractivity contribution in [2.45, 2.75) is 19.8 Å². The fraction of sp³-hybridized carbons (Fsp3) is 0.176. The van der Waals surface area contributed by atoms with Crippen LogP contribution in [0.5, 0.6) is 5.75 Å². The number of carbonyl (C=O) groups excluding carboxylic acids is 1. The smallest absolute Gasteiger partial charge is 0.405 e. The van der Waals surface area contributed by atoms with E-state index in [0.29, 0.717) is 12.1 Å². The topological polar surface area (TPSA) is 56.1 Å². The lowest BCUT2D eigenvalue weighted by atomic mass is 10.1. The van der Waals surface area contributed by atoms with Crippen LogP contribution in [0.25, 0.3) is 11.3 Å². The summed E-state index contributed by atoms with van der Waals surface area (Å²) in [6.45, 7) is 2.10. The maximum Gasteiger partial charge on any atom is 0.573 e. The average Bonchev–Trinajstić information content (AvgIpc) is 3.24. The first kappa shape index (κ1) is 21.1. The number of alkyl halides is 3. The molecule has 0 aliphatic rings. The Morgan fingerprint density at radius 2 is 2.11 bits per heavy atom. The maximum absolute atomic E-state index is 12.5. The molecule has 2 heterocycles. The fourth-order valence-electron chi connectivity index (χ4n) is 2.53. The van der Waals surface area contributed by atoms with E-state index in [4.69, 9.17) is 0 Å². The van der Waals surface area contributed by atoms with Gasteiger partial charge in [0.1, 0.15) is 5.75 Å². The first-order chi connectivity index (χ1) is 13.3. The number of amides is 1. The molecule has 3 rings (SSSR count). The standard InChI is InChI=1S/C17H14F3IN3O2PS/c1-10-8-28-9-13(10)14-6-11(23-24(14)27-21)7-22-16(25)12-4-2-3-5-15(12)26-17(18,19)20/h2-6,8-9,27H,7H2,1H3,(H,22,25). The molecule has 28 heavy (non-hydrogen) atoms. The van der Waals surface area contributed by atoms with Gasteiger partial charge in [-0.05, 0) is 58.1 Å². The lowest BCUT2D eigenvalue weighted by Gasteiger charge is -2.12. The van der Waals surface area contributed by atoms with Crippen LogP contribution in [-0.4, -0.2) is 21.8 Å². The molecule has 1 atom stereocenters. The molecule has 5 nitrogen and oxygen atoms in total.